The molecule has 1 aliphatic heterocycles. The van der Waals surface area contributed by atoms with Crippen molar-refractivity contribution in [2.45, 2.75) is 18.9 Å². The van der Waals surface area contributed by atoms with Gasteiger partial charge in [0.05, 0.1) is 5.92 Å². The van der Waals surface area contributed by atoms with Crippen LogP contribution in [0.2, 0.25) is 0 Å². The minimum absolute atomic E-state index is 0.00724. The minimum Gasteiger partial charge on any atom is -0.368 e. The normalized spacial score (nSPS) is 19.1. The number of primary amides is 1. The second kappa shape index (κ2) is 7.94. The first-order valence-electron chi connectivity index (χ1n) is 8.59. The molecule has 1 fully saturated rings. The van der Waals surface area contributed by atoms with Crippen LogP contribution in [-0.2, 0) is 9.59 Å². The van der Waals surface area contributed by atoms with Gasteiger partial charge < -0.3 is 11.1 Å². The number of nitrogens with two attached hydrogens (primary N) is 1. The molecule has 1 heterocycles. The van der Waals surface area contributed by atoms with Gasteiger partial charge in [0.1, 0.15) is 6.04 Å². The van der Waals surface area contributed by atoms with E-state index in [1.54, 1.807) is 0 Å². The van der Waals surface area contributed by atoms with Crippen LogP contribution in [0, 0.1) is 5.92 Å². The van der Waals surface area contributed by atoms with E-state index in [4.69, 9.17) is 5.73 Å². The maximum absolute atomic E-state index is 12.6. The van der Waals surface area contributed by atoms with E-state index in [2.05, 4.69) is 5.32 Å². The number of hydrogen-bond acceptors (Lipinski definition) is 3. The van der Waals surface area contributed by atoms with E-state index in [-0.39, 0.29) is 17.7 Å². The molecule has 5 heteroatoms. The van der Waals surface area contributed by atoms with Crippen LogP contribution >= 0.6 is 0 Å². The number of carbonyl (C=O) groups is 2. The lowest BCUT2D eigenvalue weighted by molar-refractivity contribution is -0.127. The lowest BCUT2D eigenvalue weighted by Gasteiger charge is -2.36. The van der Waals surface area contributed by atoms with Crippen LogP contribution in [0.15, 0.2) is 60.7 Å². The zero-order valence-electron chi connectivity index (χ0n) is 14.1. The van der Waals surface area contributed by atoms with Crippen LogP contribution in [0.3, 0.4) is 0 Å². The maximum Gasteiger partial charge on any atom is 0.239 e. The average Bonchev–Trinajstić information content (AvgIpc) is 2.63. The van der Waals surface area contributed by atoms with Crippen LogP contribution in [0.25, 0.3) is 0 Å². The molecule has 0 saturated carbocycles. The van der Waals surface area contributed by atoms with Gasteiger partial charge in [-0.05, 0) is 37.1 Å². The number of carbonyl (C=O) groups excluding carboxylic acids is 2. The number of anilines is 1. The Morgan fingerprint density at radius 3 is 2.32 bits per heavy atom. The van der Waals surface area contributed by atoms with Gasteiger partial charge in [-0.1, -0.05) is 48.5 Å². The predicted octanol–water partition coefficient (Wildman–Crippen LogP) is 2.56. The molecule has 130 valence electrons. The number of likely N-dealkylation sites (tertiary alicyclic amines) is 1. The molecule has 2 atom stereocenters. The number of piperidine rings is 1. The number of hydrogen-bond donors (Lipinski definition) is 2. The third-order valence-corrected chi connectivity index (χ3v) is 4.61. The van der Waals surface area contributed by atoms with Gasteiger partial charge in [-0.25, -0.2) is 0 Å². The van der Waals surface area contributed by atoms with Crippen LogP contribution in [-0.4, -0.2) is 29.8 Å². The highest BCUT2D eigenvalue weighted by molar-refractivity contribution is 5.92. The standard InChI is InChI=1S/C20H23N3O2/c21-19(24)18(15-8-3-1-4-9-15)23-13-7-10-16(14-23)20(25)22-17-11-5-2-6-12-17/h1-6,8-9,11-12,16,18H,7,10,13-14H2,(H2,21,24)(H,22,25). The SMILES string of the molecule is NC(=O)C(c1ccccc1)N1CCCC(C(=O)Nc2ccccc2)C1. The van der Waals surface area contributed by atoms with Gasteiger partial charge in [0.15, 0.2) is 0 Å². The predicted molar refractivity (Wildman–Crippen MR) is 97.7 cm³/mol. The van der Waals surface area contributed by atoms with Crippen molar-refractivity contribution < 1.29 is 9.59 Å². The molecule has 5 nitrogen and oxygen atoms in total. The highest BCUT2D eigenvalue weighted by Gasteiger charge is 2.33. The van der Waals surface area contributed by atoms with Gasteiger partial charge >= 0.3 is 0 Å². The summed E-state index contributed by atoms with van der Waals surface area (Å²) in [7, 11) is 0. The number of para-hydroxylation sites is 1. The number of nitrogens with one attached hydrogen (secondary N) is 1. The number of amides is 2. The van der Waals surface area contributed by atoms with E-state index in [0.717, 1.165) is 30.6 Å². The van der Waals surface area contributed by atoms with Crippen LogP contribution < -0.4 is 11.1 Å². The van der Waals surface area contributed by atoms with E-state index < -0.39 is 6.04 Å². The van der Waals surface area contributed by atoms with Crippen LogP contribution in [0.4, 0.5) is 5.69 Å². The second-order valence-corrected chi connectivity index (χ2v) is 6.40. The van der Waals surface area contributed by atoms with Gasteiger partial charge in [-0.3, -0.25) is 14.5 Å². The first-order chi connectivity index (χ1) is 12.1. The molecule has 0 aliphatic carbocycles. The number of benzene rings is 2. The Balaban J connectivity index is 1.71. The van der Waals surface area contributed by atoms with Crippen molar-refractivity contribution in [2.24, 2.45) is 11.7 Å². The summed E-state index contributed by atoms with van der Waals surface area (Å²) in [6.45, 7) is 1.29. The summed E-state index contributed by atoms with van der Waals surface area (Å²) in [5.41, 5.74) is 7.33. The molecule has 0 bridgehead atoms. The molecule has 2 amide bonds. The van der Waals surface area contributed by atoms with Crippen LogP contribution in [0.5, 0.6) is 0 Å². The quantitative estimate of drug-likeness (QED) is 0.880. The summed E-state index contributed by atoms with van der Waals surface area (Å²) in [4.78, 5) is 26.7. The summed E-state index contributed by atoms with van der Waals surface area (Å²) in [5.74, 6) is -0.540. The summed E-state index contributed by atoms with van der Waals surface area (Å²) in [6, 6.07) is 18.5. The van der Waals surface area contributed by atoms with Gasteiger partial charge in [0, 0.05) is 12.2 Å². The first-order valence-corrected chi connectivity index (χ1v) is 8.59. The smallest absolute Gasteiger partial charge is 0.239 e. The van der Waals surface area contributed by atoms with Crippen molar-refractivity contribution in [1.29, 1.82) is 0 Å². The lowest BCUT2D eigenvalue weighted by atomic mass is 9.93. The molecule has 0 radical (unpaired) electrons. The van der Waals surface area contributed by atoms with E-state index in [0.29, 0.717) is 6.54 Å². The molecule has 0 aromatic heterocycles. The first kappa shape index (κ1) is 17.2. The van der Waals surface area contributed by atoms with Crippen molar-refractivity contribution in [2.75, 3.05) is 18.4 Å². The topological polar surface area (TPSA) is 75.4 Å². The van der Waals surface area contributed by atoms with Crippen molar-refractivity contribution in [3.63, 3.8) is 0 Å². The van der Waals surface area contributed by atoms with Gasteiger partial charge in [-0.2, -0.15) is 0 Å². The highest BCUT2D eigenvalue weighted by atomic mass is 16.2. The molecular weight excluding hydrogens is 314 g/mol. The molecule has 2 unspecified atom stereocenters. The minimum atomic E-state index is -0.492. The Kier molecular flexibility index (Phi) is 5.46. The fourth-order valence-corrected chi connectivity index (χ4v) is 3.41. The van der Waals surface area contributed by atoms with E-state index >= 15 is 0 Å². The molecule has 3 rings (SSSR count). The van der Waals surface area contributed by atoms with Gasteiger partial charge in [0.25, 0.3) is 0 Å². The number of rotatable bonds is 5. The fraction of sp³-hybridized carbons (Fsp3) is 0.300. The van der Waals surface area contributed by atoms with E-state index in [1.807, 2.05) is 65.6 Å². The third-order valence-electron chi connectivity index (χ3n) is 4.61. The van der Waals surface area contributed by atoms with Crippen molar-refractivity contribution >= 4 is 17.5 Å². The molecule has 3 N–H and O–H groups in total. The summed E-state index contributed by atoms with van der Waals surface area (Å²) < 4.78 is 0. The largest absolute Gasteiger partial charge is 0.368 e. The third kappa shape index (κ3) is 4.25. The zero-order valence-corrected chi connectivity index (χ0v) is 14.1. The molecule has 2 aromatic rings. The van der Waals surface area contributed by atoms with Crippen molar-refractivity contribution in [3.05, 3.63) is 66.2 Å². The Hall–Kier alpha value is -2.66. The zero-order chi connectivity index (χ0) is 17.6. The summed E-state index contributed by atoms with van der Waals surface area (Å²) in [5, 5.41) is 2.96. The molecular formula is C20H23N3O2. The Labute approximate surface area is 147 Å². The average molecular weight is 337 g/mol. The Morgan fingerprint density at radius 1 is 1.04 bits per heavy atom. The Bertz CT molecular complexity index is 718. The van der Waals surface area contributed by atoms with Gasteiger partial charge in [-0.15, -0.1) is 0 Å². The fourth-order valence-electron chi connectivity index (χ4n) is 3.41. The van der Waals surface area contributed by atoms with E-state index in [9.17, 15) is 9.59 Å². The molecule has 2 aromatic carbocycles. The monoisotopic (exact) mass is 337 g/mol. The summed E-state index contributed by atoms with van der Waals surface area (Å²) >= 11 is 0. The van der Waals surface area contributed by atoms with Crippen LogP contribution in [0.1, 0.15) is 24.4 Å². The van der Waals surface area contributed by atoms with E-state index in [1.165, 1.54) is 0 Å². The van der Waals surface area contributed by atoms with Gasteiger partial charge in [0.2, 0.25) is 11.8 Å². The Morgan fingerprint density at radius 2 is 1.68 bits per heavy atom. The second-order valence-electron chi connectivity index (χ2n) is 6.40. The van der Waals surface area contributed by atoms with Crippen molar-refractivity contribution in [3.8, 4) is 0 Å². The van der Waals surface area contributed by atoms with Crippen molar-refractivity contribution in [1.82, 2.24) is 4.90 Å². The molecule has 0 spiro atoms. The molecule has 1 aliphatic rings. The molecule has 25 heavy (non-hydrogen) atoms. The summed E-state index contributed by atoms with van der Waals surface area (Å²) in [6.07, 6.45) is 1.68. The maximum atomic E-state index is 12.6. The number of nitrogens with zero attached hydrogens (tertiary/aromatic N) is 1. The molecule has 1 saturated heterocycles. The lowest BCUT2D eigenvalue weighted by Crippen LogP contribution is -2.46. The highest BCUT2D eigenvalue weighted by Crippen LogP contribution is 2.27.